The number of hydrogen-bond donors (Lipinski definition) is 0. The van der Waals surface area contributed by atoms with E-state index >= 15 is 0 Å². The Kier molecular flexibility index (Phi) is 3.50. The third-order valence-electron chi connectivity index (χ3n) is 3.72. The van der Waals surface area contributed by atoms with Crippen LogP contribution in [0.5, 0.6) is 0 Å². The SMILES string of the molecule is Cc1ccc2c(c1)CCCN2c1cc(Br)ccc1C#N. The maximum Gasteiger partial charge on any atom is 0.101 e. The van der Waals surface area contributed by atoms with Crippen LogP contribution in [0.25, 0.3) is 0 Å². The molecular formula is C17H15BrN2. The Hall–Kier alpha value is -1.79. The van der Waals surface area contributed by atoms with E-state index in [2.05, 4.69) is 52.0 Å². The van der Waals surface area contributed by atoms with Crippen LogP contribution in [0.2, 0.25) is 0 Å². The van der Waals surface area contributed by atoms with Crippen LogP contribution in [0.4, 0.5) is 11.4 Å². The van der Waals surface area contributed by atoms with Gasteiger partial charge in [-0.1, -0.05) is 33.6 Å². The molecule has 0 amide bonds. The molecule has 1 heterocycles. The summed E-state index contributed by atoms with van der Waals surface area (Å²) in [4.78, 5) is 2.27. The number of benzene rings is 2. The second-order valence-corrected chi connectivity index (χ2v) is 6.08. The molecule has 3 rings (SSSR count). The standard InChI is InChI=1S/C17H15BrN2/c1-12-4-7-16-13(9-12)3-2-8-20(16)17-10-15(18)6-5-14(17)11-19/h4-7,9-10H,2-3,8H2,1H3. The van der Waals surface area contributed by atoms with Crippen molar-refractivity contribution in [3.8, 4) is 6.07 Å². The van der Waals surface area contributed by atoms with Gasteiger partial charge in [-0.15, -0.1) is 0 Å². The van der Waals surface area contributed by atoms with Crippen LogP contribution in [0.15, 0.2) is 40.9 Å². The van der Waals surface area contributed by atoms with E-state index in [0.29, 0.717) is 0 Å². The molecule has 0 fully saturated rings. The molecular weight excluding hydrogens is 312 g/mol. The number of rotatable bonds is 1. The summed E-state index contributed by atoms with van der Waals surface area (Å²) in [5, 5.41) is 9.34. The Bertz CT molecular complexity index is 701. The molecule has 0 aromatic heterocycles. The molecule has 0 spiro atoms. The van der Waals surface area contributed by atoms with Gasteiger partial charge in [-0.25, -0.2) is 0 Å². The van der Waals surface area contributed by atoms with Crippen LogP contribution in [0, 0.1) is 18.3 Å². The Morgan fingerprint density at radius 2 is 2.00 bits per heavy atom. The maximum absolute atomic E-state index is 9.34. The quantitative estimate of drug-likeness (QED) is 0.758. The van der Waals surface area contributed by atoms with E-state index in [0.717, 1.165) is 35.1 Å². The molecule has 0 aliphatic carbocycles. The first-order valence-electron chi connectivity index (χ1n) is 6.76. The molecule has 0 radical (unpaired) electrons. The fourth-order valence-electron chi connectivity index (χ4n) is 2.80. The van der Waals surface area contributed by atoms with E-state index in [1.54, 1.807) is 0 Å². The van der Waals surface area contributed by atoms with Crippen LogP contribution in [0.1, 0.15) is 23.1 Å². The van der Waals surface area contributed by atoms with Crippen molar-refractivity contribution in [2.24, 2.45) is 0 Å². The minimum Gasteiger partial charge on any atom is -0.340 e. The molecule has 1 aliphatic heterocycles. The van der Waals surface area contributed by atoms with Gasteiger partial charge in [-0.2, -0.15) is 5.26 Å². The van der Waals surface area contributed by atoms with Crippen LogP contribution >= 0.6 is 15.9 Å². The summed E-state index contributed by atoms with van der Waals surface area (Å²) in [5.41, 5.74) is 5.62. The third-order valence-corrected chi connectivity index (χ3v) is 4.22. The molecule has 1 aliphatic rings. The van der Waals surface area contributed by atoms with E-state index in [-0.39, 0.29) is 0 Å². The van der Waals surface area contributed by atoms with E-state index in [9.17, 15) is 5.26 Å². The number of halogens is 1. The smallest absolute Gasteiger partial charge is 0.101 e. The summed E-state index contributed by atoms with van der Waals surface area (Å²) in [7, 11) is 0. The summed E-state index contributed by atoms with van der Waals surface area (Å²) < 4.78 is 1.01. The Morgan fingerprint density at radius 1 is 1.15 bits per heavy atom. The zero-order chi connectivity index (χ0) is 14.1. The number of aryl methyl sites for hydroxylation is 2. The van der Waals surface area contributed by atoms with Gasteiger partial charge in [0.25, 0.3) is 0 Å². The maximum atomic E-state index is 9.34. The second-order valence-electron chi connectivity index (χ2n) is 5.16. The van der Waals surface area contributed by atoms with Crippen molar-refractivity contribution in [2.45, 2.75) is 19.8 Å². The van der Waals surface area contributed by atoms with Gasteiger partial charge in [0.05, 0.1) is 11.3 Å². The second kappa shape index (κ2) is 5.30. The molecule has 0 unspecified atom stereocenters. The van der Waals surface area contributed by atoms with Gasteiger partial charge < -0.3 is 4.90 Å². The van der Waals surface area contributed by atoms with Crippen molar-refractivity contribution in [3.05, 3.63) is 57.6 Å². The Balaban J connectivity index is 2.14. The van der Waals surface area contributed by atoms with Crippen LogP contribution < -0.4 is 4.90 Å². The fraction of sp³-hybridized carbons (Fsp3) is 0.235. The summed E-state index contributed by atoms with van der Waals surface area (Å²) in [6, 6.07) is 14.7. The average Bonchev–Trinajstić information content (AvgIpc) is 2.46. The largest absolute Gasteiger partial charge is 0.340 e. The minimum absolute atomic E-state index is 0.724. The zero-order valence-corrected chi connectivity index (χ0v) is 12.9. The van der Waals surface area contributed by atoms with Gasteiger partial charge in [0.1, 0.15) is 6.07 Å². The highest BCUT2D eigenvalue weighted by Gasteiger charge is 2.20. The highest BCUT2D eigenvalue weighted by atomic mass is 79.9. The summed E-state index contributed by atoms with van der Waals surface area (Å²) in [6.45, 7) is 3.08. The number of anilines is 2. The van der Waals surface area contributed by atoms with Gasteiger partial charge in [0.15, 0.2) is 0 Å². The molecule has 2 nitrogen and oxygen atoms in total. The van der Waals surface area contributed by atoms with Gasteiger partial charge >= 0.3 is 0 Å². The summed E-state index contributed by atoms with van der Waals surface area (Å²) >= 11 is 3.51. The van der Waals surface area contributed by atoms with Crippen LogP contribution in [0.3, 0.4) is 0 Å². The lowest BCUT2D eigenvalue weighted by molar-refractivity contribution is 0.765. The predicted octanol–water partition coefficient (Wildman–Crippen LogP) is 4.71. The fourth-order valence-corrected chi connectivity index (χ4v) is 3.15. The lowest BCUT2D eigenvalue weighted by atomic mass is 9.98. The van der Waals surface area contributed by atoms with E-state index in [1.165, 1.54) is 16.8 Å². The zero-order valence-electron chi connectivity index (χ0n) is 11.4. The minimum atomic E-state index is 0.724. The number of nitriles is 1. The van der Waals surface area contributed by atoms with Gasteiger partial charge in [-0.3, -0.25) is 0 Å². The number of fused-ring (bicyclic) bond motifs is 1. The number of hydrogen-bond acceptors (Lipinski definition) is 2. The molecule has 2 aromatic rings. The first kappa shape index (κ1) is 13.2. The molecule has 0 bridgehead atoms. The van der Waals surface area contributed by atoms with E-state index in [1.807, 2.05) is 18.2 Å². The monoisotopic (exact) mass is 326 g/mol. The van der Waals surface area contributed by atoms with Gasteiger partial charge in [0, 0.05) is 16.7 Å². The molecule has 3 heteroatoms. The summed E-state index contributed by atoms with van der Waals surface area (Å²) in [5.74, 6) is 0. The molecule has 0 saturated heterocycles. The molecule has 100 valence electrons. The van der Waals surface area contributed by atoms with Crippen molar-refractivity contribution < 1.29 is 0 Å². The van der Waals surface area contributed by atoms with Crippen LogP contribution in [-0.4, -0.2) is 6.54 Å². The van der Waals surface area contributed by atoms with Crippen molar-refractivity contribution in [1.82, 2.24) is 0 Å². The van der Waals surface area contributed by atoms with Crippen molar-refractivity contribution in [2.75, 3.05) is 11.4 Å². The predicted molar refractivity (Wildman–Crippen MR) is 85.4 cm³/mol. The number of nitrogens with zero attached hydrogens (tertiary/aromatic N) is 2. The van der Waals surface area contributed by atoms with Crippen molar-refractivity contribution >= 4 is 27.3 Å². The van der Waals surface area contributed by atoms with E-state index < -0.39 is 0 Å². The average molecular weight is 327 g/mol. The van der Waals surface area contributed by atoms with Crippen molar-refractivity contribution in [3.63, 3.8) is 0 Å². The first-order chi connectivity index (χ1) is 9.69. The summed E-state index contributed by atoms with van der Waals surface area (Å²) in [6.07, 6.45) is 2.23. The van der Waals surface area contributed by atoms with Gasteiger partial charge in [0.2, 0.25) is 0 Å². The van der Waals surface area contributed by atoms with Gasteiger partial charge in [-0.05, 0) is 49.6 Å². The topological polar surface area (TPSA) is 27.0 Å². The lowest BCUT2D eigenvalue weighted by Gasteiger charge is -2.32. The van der Waals surface area contributed by atoms with Crippen LogP contribution in [-0.2, 0) is 6.42 Å². The first-order valence-corrected chi connectivity index (χ1v) is 7.55. The molecule has 0 saturated carbocycles. The molecule has 0 N–H and O–H groups in total. The van der Waals surface area contributed by atoms with E-state index in [4.69, 9.17) is 0 Å². The third kappa shape index (κ3) is 2.32. The lowest BCUT2D eigenvalue weighted by Crippen LogP contribution is -2.25. The molecule has 0 atom stereocenters. The normalized spacial score (nSPS) is 13.8. The molecule has 20 heavy (non-hydrogen) atoms. The Labute approximate surface area is 127 Å². The highest BCUT2D eigenvalue weighted by Crippen LogP contribution is 2.36. The highest BCUT2D eigenvalue weighted by molar-refractivity contribution is 9.10. The Morgan fingerprint density at radius 3 is 2.80 bits per heavy atom. The van der Waals surface area contributed by atoms with Crippen molar-refractivity contribution in [1.29, 1.82) is 5.26 Å². The molecule has 2 aromatic carbocycles.